The molecule has 84 valence electrons. The van der Waals surface area contributed by atoms with Crippen molar-refractivity contribution >= 4 is 17.3 Å². The van der Waals surface area contributed by atoms with Gasteiger partial charge in [0.2, 0.25) is 0 Å². The van der Waals surface area contributed by atoms with Gasteiger partial charge in [0.15, 0.2) is 0 Å². The van der Waals surface area contributed by atoms with Gasteiger partial charge in [0, 0.05) is 7.11 Å². The van der Waals surface area contributed by atoms with Gasteiger partial charge in [0.05, 0.1) is 17.3 Å². The van der Waals surface area contributed by atoms with E-state index in [0.29, 0.717) is 29.7 Å². The fourth-order valence-electron chi connectivity index (χ4n) is 1.12. The second kappa shape index (κ2) is 5.80. The predicted molar refractivity (Wildman–Crippen MR) is 59.0 cm³/mol. The third-order valence-corrected chi connectivity index (χ3v) is 2.24. The molecule has 0 aliphatic heterocycles. The zero-order valence-electron chi connectivity index (χ0n) is 8.71. The minimum Gasteiger partial charge on any atom is -0.490 e. The van der Waals surface area contributed by atoms with Crippen molar-refractivity contribution in [1.29, 1.82) is 0 Å². The van der Waals surface area contributed by atoms with E-state index in [-0.39, 0.29) is 0 Å². The first kappa shape index (κ1) is 12.1. The predicted octanol–water partition coefficient (Wildman–Crippen LogP) is 2.47. The molecular formula is C10H14ClNO3. The van der Waals surface area contributed by atoms with E-state index in [1.165, 1.54) is 0 Å². The largest absolute Gasteiger partial charge is 0.490 e. The fraction of sp³-hybridized carbons (Fsp3) is 0.400. The molecule has 0 saturated carbocycles. The smallest absolute Gasteiger partial charge is 0.138 e. The Labute approximate surface area is 93.7 Å². The molecule has 0 unspecified atom stereocenters. The summed E-state index contributed by atoms with van der Waals surface area (Å²) < 4.78 is 10.2. The molecule has 2 N–H and O–H groups in total. The van der Waals surface area contributed by atoms with E-state index in [2.05, 4.69) is 5.48 Å². The van der Waals surface area contributed by atoms with Crippen LogP contribution in [0.1, 0.15) is 5.56 Å². The molecule has 0 aromatic heterocycles. The Kier molecular flexibility index (Phi) is 4.68. The first-order valence-electron chi connectivity index (χ1n) is 4.51. The first-order valence-corrected chi connectivity index (χ1v) is 4.88. The van der Waals surface area contributed by atoms with Crippen molar-refractivity contribution in [2.24, 2.45) is 0 Å². The lowest BCUT2D eigenvalue weighted by Crippen LogP contribution is -2.05. The van der Waals surface area contributed by atoms with Gasteiger partial charge in [-0.05, 0) is 24.6 Å². The maximum Gasteiger partial charge on any atom is 0.138 e. The Morgan fingerprint density at radius 1 is 1.40 bits per heavy atom. The lowest BCUT2D eigenvalue weighted by molar-refractivity contribution is 0.146. The molecule has 0 radical (unpaired) electrons. The number of rotatable bonds is 5. The third-order valence-electron chi connectivity index (χ3n) is 1.94. The lowest BCUT2D eigenvalue weighted by Gasteiger charge is -2.11. The molecule has 0 amide bonds. The Balaban J connectivity index is 2.76. The summed E-state index contributed by atoms with van der Waals surface area (Å²) in [6.45, 7) is 2.80. The van der Waals surface area contributed by atoms with Crippen LogP contribution >= 0.6 is 11.6 Å². The number of ether oxygens (including phenoxy) is 2. The molecule has 0 saturated heterocycles. The van der Waals surface area contributed by atoms with Crippen molar-refractivity contribution in [3.8, 4) is 5.75 Å². The highest BCUT2D eigenvalue weighted by Crippen LogP contribution is 2.30. The Hall–Kier alpha value is -0.970. The van der Waals surface area contributed by atoms with Crippen LogP contribution in [-0.2, 0) is 4.74 Å². The number of methoxy groups -OCH3 is 1. The van der Waals surface area contributed by atoms with Gasteiger partial charge in [0.25, 0.3) is 0 Å². The number of anilines is 1. The fourth-order valence-corrected chi connectivity index (χ4v) is 1.34. The summed E-state index contributed by atoms with van der Waals surface area (Å²) in [5.41, 5.74) is 3.49. The summed E-state index contributed by atoms with van der Waals surface area (Å²) in [6, 6.07) is 3.37. The van der Waals surface area contributed by atoms with Crippen LogP contribution in [0.2, 0.25) is 5.02 Å². The monoisotopic (exact) mass is 231 g/mol. The summed E-state index contributed by atoms with van der Waals surface area (Å²) >= 11 is 5.94. The van der Waals surface area contributed by atoms with Crippen LogP contribution in [0.15, 0.2) is 12.1 Å². The van der Waals surface area contributed by atoms with Crippen molar-refractivity contribution in [3.05, 3.63) is 22.7 Å². The molecule has 15 heavy (non-hydrogen) atoms. The van der Waals surface area contributed by atoms with Crippen molar-refractivity contribution in [1.82, 2.24) is 0 Å². The Morgan fingerprint density at radius 3 is 2.73 bits per heavy atom. The van der Waals surface area contributed by atoms with E-state index in [9.17, 15) is 0 Å². The Bertz CT molecular complexity index is 331. The molecule has 4 nitrogen and oxygen atoms in total. The zero-order valence-corrected chi connectivity index (χ0v) is 9.47. The summed E-state index contributed by atoms with van der Waals surface area (Å²) in [6.07, 6.45) is 0. The summed E-state index contributed by atoms with van der Waals surface area (Å²) in [5, 5.41) is 9.23. The summed E-state index contributed by atoms with van der Waals surface area (Å²) in [4.78, 5) is 0. The van der Waals surface area contributed by atoms with Crippen LogP contribution in [0.25, 0.3) is 0 Å². The minimum atomic E-state index is 0.446. The number of aryl methyl sites for hydroxylation is 1. The molecule has 0 bridgehead atoms. The molecule has 0 fully saturated rings. The average Bonchev–Trinajstić information content (AvgIpc) is 2.23. The molecule has 0 aliphatic carbocycles. The highest BCUT2D eigenvalue weighted by Gasteiger charge is 2.06. The maximum atomic E-state index is 8.78. The van der Waals surface area contributed by atoms with E-state index in [4.69, 9.17) is 26.3 Å². The second-order valence-electron chi connectivity index (χ2n) is 3.05. The van der Waals surface area contributed by atoms with Gasteiger partial charge in [-0.2, -0.15) is 0 Å². The van der Waals surface area contributed by atoms with Gasteiger partial charge in [0.1, 0.15) is 12.4 Å². The van der Waals surface area contributed by atoms with E-state index in [1.807, 2.05) is 6.92 Å². The summed E-state index contributed by atoms with van der Waals surface area (Å²) in [5.74, 6) is 0.588. The van der Waals surface area contributed by atoms with Crippen LogP contribution in [0.4, 0.5) is 5.69 Å². The quantitative estimate of drug-likeness (QED) is 0.604. The van der Waals surface area contributed by atoms with Gasteiger partial charge >= 0.3 is 0 Å². The molecule has 1 aromatic rings. The van der Waals surface area contributed by atoms with E-state index in [1.54, 1.807) is 19.2 Å². The average molecular weight is 232 g/mol. The Morgan fingerprint density at radius 2 is 2.13 bits per heavy atom. The topological polar surface area (TPSA) is 50.7 Å². The van der Waals surface area contributed by atoms with Crippen LogP contribution in [0.3, 0.4) is 0 Å². The van der Waals surface area contributed by atoms with Gasteiger partial charge in [-0.25, -0.2) is 0 Å². The normalized spacial score (nSPS) is 10.1. The lowest BCUT2D eigenvalue weighted by atomic mass is 10.2. The second-order valence-corrected chi connectivity index (χ2v) is 3.46. The van der Waals surface area contributed by atoms with E-state index >= 15 is 0 Å². The maximum absolute atomic E-state index is 8.78. The molecule has 0 spiro atoms. The standard InChI is InChI=1S/C10H14ClNO3/c1-7-5-10(15-4-3-14-2)8(11)6-9(7)12-13/h5-6,12-13H,3-4H2,1-2H3. The van der Waals surface area contributed by atoms with Crippen molar-refractivity contribution < 1.29 is 14.7 Å². The van der Waals surface area contributed by atoms with E-state index < -0.39 is 0 Å². The van der Waals surface area contributed by atoms with Gasteiger partial charge < -0.3 is 9.47 Å². The minimum absolute atomic E-state index is 0.446. The van der Waals surface area contributed by atoms with Gasteiger partial charge in [-0.15, -0.1) is 0 Å². The number of halogens is 1. The zero-order chi connectivity index (χ0) is 11.3. The SMILES string of the molecule is COCCOc1cc(C)c(NO)cc1Cl. The third kappa shape index (κ3) is 3.27. The molecule has 0 aliphatic rings. The summed E-state index contributed by atoms with van der Waals surface area (Å²) in [7, 11) is 1.61. The van der Waals surface area contributed by atoms with Crippen molar-refractivity contribution in [2.75, 3.05) is 25.8 Å². The molecule has 1 aromatic carbocycles. The number of hydrogen-bond donors (Lipinski definition) is 2. The first-order chi connectivity index (χ1) is 7.19. The van der Waals surface area contributed by atoms with E-state index in [0.717, 1.165) is 5.56 Å². The van der Waals surface area contributed by atoms with Gasteiger partial charge in [-0.3, -0.25) is 10.7 Å². The van der Waals surface area contributed by atoms with Crippen LogP contribution in [-0.4, -0.2) is 25.5 Å². The highest BCUT2D eigenvalue weighted by molar-refractivity contribution is 6.32. The molecule has 1 rings (SSSR count). The molecule has 0 atom stereocenters. The van der Waals surface area contributed by atoms with Crippen molar-refractivity contribution in [2.45, 2.75) is 6.92 Å². The molecular weight excluding hydrogens is 218 g/mol. The van der Waals surface area contributed by atoms with Gasteiger partial charge in [-0.1, -0.05) is 11.6 Å². The molecule has 5 heteroatoms. The number of hydrogen-bond acceptors (Lipinski definition) is 4. The molecule has 0 heterocycles. The number of benzene rings is 1. The van der Waals surface area contributed by atoms with Crippen LogP contribution < -0.4 is 10.2 Å². The van der Waals surface area contributed by atoms with Crippen molar-refractivity contribution in [3.63, 3.8) is 0 Å². The van der Waals surface area contributed by atoms with Crippen LogP contribution in [0, 0.1) is 6.92 Å². The van der Waals surface area contributed by atoms with Crippen LogP contribution in [0.5, 0.6) is 5.75 Å². The number of nitrogens with one attached hydrogen (secondary N) is 1. The highest BCUT2D eigenvalue weighted by atomic mass is 35.5.